The molecule has 1 heterocycles. The van der Waals surface area contributed by atoms with E-state index in [1.54, 1.807) is 24.3 Å². The highest BCUT2D eigenvalue weighted by Crippen LogP contribution is 2.36. The van der Waals surface area contributed by atoms with Gasteiger partial charge in [-0.2, -0.15) is 0 Å². The molecule has 0 aliphatic carbocycles. The number of hydrogen-bond acceptors (Lipinski definition) is 2. The van der Waals surface area contributed by atoms with Gasteiger partial charge >= 0.3 is 0 Å². The average molecular weight is 288 g/mol. The molecule has 3 rings (SSSR count). The van der Waals surface area contributed by atoms with E-state index >= 15 is 0 Å². The van der Waals surface area contributed by atoms with Crippen LogP contribution in [0.15, 0.2) is 36.4 Å². The molecule has 0 radical (unpaired) electrons. The number of para-hydroxylation sites is 1. The molecule has 1 atom stereocenters. The molecule has 0 fully saturated rings. The molecular formula is C17H14F2O2. The molecular weight excluding hydrogens is 274 g/mol. The quantitative estimate of drug-likeness (QED) is 0.780. The Morgan fingerprint density at radius 3 is 2.76 bits per heavy atom. The van der Waals surface area contributed by atoms with E-state index in [1.807, 2.05) is 0 Å². The van der Waals surface area contributed by atoms with Gasteiger partial charge in [-0.15, -0.1) is 0 Å². The van der Waals surface area contributed by atoms with Crippen molar-refractivity contribution in [2.24, 2.45) is 0 Å². The number of fused-ring (bicyclic) bond motifs is 1. The van der Waals surface area contributed by atoms with Gasteiger partial charge in [-0.1, -0.05) is 24.3 Å². The van der Waals surface area contributed by atoms with Crippen LogP contribution in [0, 0.1) is 18.6 Å². The molecule has 0 spiro atoms. The molecule has 1 aliphatic heterocycles. The Balaban J connectivity index is 2.07. The number of ether oxygens (including phenoxy) is 1. The second-order valence-electron chi connectivity index (χ2n) is 5.15. The minimum atomic E-state index is -0.813. The summed E-state index contributed by atoms with van der Waals surface area (Å²) in [7, 11) is 0. The van der Waals surface area contributed by atoms with Crippen LogP contribution >= 0.6 is 0 Å². The Labute approximate surface area is 121 Å². The molecule has 1 unspecified atom stereocenters. The van der Waals surface area contributed by atoms with E-state index in [4.69, 9.17) is 4.74 Å². The van der Waals surface area contributed by atoms with Crippen LogP contribution in [0.5, 0.6) is 5.75 Å². The van der Waals surface area contributed by atoms with Gasteiger partial charge in [-0.25, -0.2) is 8.78 Å². The Morgan fingerprint density at radius 2 is 1.95 bits per heavy atom. The number of aryl methyl sites for hydroxylation is 1. The summed E-state index contributed by atoms with van der Waals surface area (Å²) in [5.41, 5.74) is 0.505. The third-order valence-corrected chi connectivity index (χ3v) is 3.81. The predicted octanol–water partition coefficient (Wildman–Crippen LogP) is 4.02. The van der Waals surface area contributed by atoms with E-state index in [1.165, 1.54) is 13.0 Å². The largest absolute Gasteiger partial charge is 0.493 e. The number of carbonyl (C=O) groups is 1. The Hall–Kier alpha value is -2.23. The van der Waals surface area contributed by atoms with Gasteiger partial charge in [0.1, 0.15) is 17.4 Å². The maximum atomic E-state index is 14.2. The van der Waals surface area contributed by atoms with Crippen LogP contribution in [0.2, 0.25) is 0 Å². The highest BCUT2D eigenvalue weighted by atomic mass is 19.1. The molecule has 0 aromatic heterocycles. The van der Waals surface area contributed by atoms with Crippen LogP contribution in [0.3, 0.4) is 0 Å². The third-order valence-electron chi connectivity index (χ3n) is 3.81. The standard InChI is InChI=1S/C17H14F2O2/c1-10-6-7-13(18)15(16(10)19)17(20)12-8-9-21-14-5-3-2-4-11(12)14/h2-7,12H,8-9H2,1H3. The summed E-state index contributed by atoms with van der Waals surface area (Å²) in [4.78, 5) is 12.6. The van der Waals surface area contributed by atoms with Crippen molar-refractivity contribution in [1.82, 2.24) is 0 Å². The summed E-state index contributed by atoms with van der Waals surface area (Å²) < 4.78 is 33.6. The van der Waals surface area contributed by atoms with Crippen molar-refractivity contribution >= 4 is 5.78 Å². The number of ketones is 1. The van der Waals surface area contributed by atoms with Crippen molar-refractivity contribution in [2.75, 3.05) is 6.61 Å². The SMILES string of the molecule is Cc1ccc(F)c(C(=O)C2CCOc3ccccc32)c1F. The molecule has 21 heavy (non-hydrogen) atoms. The smallest absolute Gasteiger partial charge is 0.176 e. The van der Waals surface area contributed by atoms with E-state index in [-0.39, 0.29) is 5.56 Å². The minimum absolute atomic E-state index is 0.264. The number of rotatable bonds is 2. The van der Waals surface area contributed by atoms with Crippen LogP contribution < -0.4 is 4.74 Å². The molecule has 0 bridgehead atoms. The number of carbonyl (C=O) groups excluding carboxylic acids is 1. The molecule has 2 aromatic rings. The first-order valence-corrected chi connectivity index (χ1v) is 6.80. The molecule has 0 amide bonds. The fourth-order valence-electron chi connectivity index (χ4n) is 2.67. The summed E-state index contributed by atoms with van der Waals surface area (Å²) >= 11 is 0. The van der Waals surface area contributed by atoms with Crippen molar-refractivity contribution in [3.63, 3.8) is 0 Å². The van der Waals surface area contributed by atoms with Gasteiger partial charge in [-0.3, -0.25) is 4.79 Å². The number of hydrogen-bond donors (Lipinski definition) is 0. The molecule has 1 aliphatic rings. The van der Waals surface area contributed by atoms with Crippen molar-refractivity contribution in [1.29, 1.82) is 0 Å². The molecule has 2 nitrogen and oxygen atoms in total. The predicted molar refractivity (Wildman–Crippen MR) is 74.7 cm³/mol. The fourth-order valence-corrected chi connectivity index (χ4v) is 2.67. The summed E-state index contributed by atoms with van der Waals surface area (Å²) in [6.45, 7) is 1.88. The third kappa shape index (κ3) is 2.31. The van der Waals surface area contributed by atoms with Crippen molar-refractivity contribution < 1.29 is 18.3 Å². The second kappa shape index (κ2) is 5.28. The Kier molecular flexibility index (Phi) is 3.45. The maximum Gasteiger partial charge on any atom is 0.176 e. The first-order valence-electron chi connectivity index (χ1n) is 6.80. The van der Waals surface area contributed by atoms with Crippen LogP contribution in [0.1, 0.15) is 33.8 Å². The molecule has 2 aromatic carbocycles. The lowest BCUT2D eigenvalue weighted by molar-refractivity contribution is 0.0924. The van der Waals surface area contributed by atoms with Gasteiger partial charge in [0.25, 0.3) is 0 Å². The van der Waals surface area contributed by atoms with Gasteiger partial charge in [0.15, 0.2) is 5.78 Å². The van der Waals surface area contributed by atoms with E-state index < -0.39 is 28.9 Å². The zero-order valence-electron chi connectivity index (χ0n) is 11.5. The lowest BCUT2D eigenvalue weighted by Crippen LogP contribution is -2.23. The highest BCUT2D eigenvalue weighted by Gasteiger charge is 2.31. The van der Waals surface area contributed by atoms with Gasteiger partial charge in [0, 0.05) is 5.56 Å². The fraction of sp³-hybridized carbons (Fsp3) is 0.235. The van der Waals surface area contributed by atoms with E-state index in [0.717, 1.165) is 6.07 Å². The second-order valence-corrected chi connectivity index (χ2v) is 5.15. The number of benzene rings is 2. The Bertz CT molecular complexity index is 710. The zero-order valence-corrected chi connectivity index (χ0v) is 11.5. The number of Topliss-reactive ketones (excluding diaryl/α,β-unsaturated/α-hetero) is 1. The summed E-state index contributed by atoms with van der Waals surface area (Å²) in [5.74, 6) is -2.07. The van der Waals surface area contributed by atoms with Crippen LogP contribution in [0.4, 0.5) is 8.78 Å². The van der Waals surface area contributed by atoms with Gasteiger partial charge in [0.05, 0.1) is 18.1 Å². The van der Waals surface area contributed by atoms with Crippen LogP contribution in [0.25, 0.3) is 0 Å². The molecule has 0 N–H and O–H groups in total. The van der Waals surface area contributed by atoms with Gasteiger partial charge in [-0.05, 0) is 31.0 Å². The van der Waals surface area contributed by atoms with Gasteiger partial charge in [0.2, 0.25) is 0 Å². The van der Waals surface area contributed by atoms with Crippen molar-refractivity contribution in [3.05, 3.63) is 64.7 Å². The maximum absolute atomic E-state index is 14.2. The molecule has 0 saturated carbocycles. The zero-order chi connectivity index (χ0) is 15.0. The minimum Gasteiger partial charge on any atom is -0.493 e. The first kappa shape index (κ1) is 13.7. The normalized spacial score (nSPS) is 17.0. The monoisotopic (exact) mass is 288 g/mol. The van der Waals surface area contributed by atoms with Crippen LogP contribution in [-0.2, 0) is 0 Å². The number of halogens is 2. The average Bonchev–Trinajstić information content (AvgIpc) is 2.50. The highest BCUT2D eigenvalue weighted by molar-refractivity contribution is 6.02. The van der Waals surface area contributed by atoms with E-state index in [0.29, 0.717) is 24.3 Å². The lowest BCUT2D eigenvalue weighted by atomic mass is 9.85. The van der Waals surface area contributed by atoms with Crippen LogP contribution in [-0.4, -0.2) is 12.4 Å². The molecule has 0 saturated heterocycles. The molecule has 108 valence electrons. The van der Waals surface area contributed by atoms with E-state index in [2.05, 4.69) is 0 Å². The summed E-state index contributed by atoms with van der Waals surface area (Å²) in [6.07, 6.45) is 0.419. The molecule has 4 heteroatoms. The van der Waals surface area contributed by atoms with Crippen molar-refractivity contribution in [2.45, 2.75) is 19.3 Å². The summed E-state index contributed by atoms with van der Waals surface area (Å²) in [6, 6.07) is 9.59. The Morgan fingerprint density at radius 1 is 1.19 bits per heavy atom. The first-order chi connectivity index (χ1) is 10.1. The lowest BCUT2D eigenvalue weighted by Gasteiger charge is -2.25. The summed E-state index contributed by atoms with van der Waals surface area (Å²) in [5, 5.41) is 0. The topological polar surface area (TPSA) is 26.3 Å². The van der Waals surface area contributed by atoms with Crippen molar-refractivity contribution in [3.8, 4) is 5.75 Å². The van der Waals surface area contributed by atoms with Gasteiger partial charge < -0.3 is 4.74 Å². The van der Waals surface area contributed by atoms with E-state index in [9.17, 15) is 13.6 Å².